The van der Waals surface area contributed by atoms with Crippen LogP contribution in [0.25, 0.3) is 0 Å². The highest BCUT2D eigenvalue weighted by molar-refractivity contribution is 5.75. The highest BCUT2D eigenvalue weighted by Crippen LogP contribution is 2.62. The Morgan fingerprint density at radius 3 is 1.94 bits per heavy atom. The van der Waals surface area contributed by atoms with E-state index >= 15 is 0 Å². The summed E-state index contributed by atoms with van der Waals surface area (Å²) in [6.07, 6.45) is 6.12. The Labute approximate surface area is 105 Å². The molecule has 3 nitrogen and oxygen atoms in total. The molecule has 0 saturated heterocycles. The minimum absolute atomic E-state index is 0.0283. The average molecular weight is 238 g/mol. The molecule has 0 unspecified atom stereocenters. The maximum atomic E-state index is 11.9. The molecule has 0 aliphatic heterocycles. The highest BCUT2D eigenvalue weighted by Gasteiger charge is 2.65. The van der Waals surface area contributed by atoms with Gasteiger partial charge in [0.1, 0.15) is 0 Å². The van der Waals surface area contributed by atoms with Crippen LogP contribution in [0.15, 0.2) is 0 Å². The zero-order valence-corrected chi connectivity index (χ0v) is 11.6. The molecule has 0 aromatic carbocycles. The largest absolute Gasteiger partial charge is 0.335 e. The third-order valence-electron chi connectivity index (χ3n) is 5.24. The van der Waals surface area contributed by atoms with Crippen molar-refractivity contribution < 1.29 is 4.79 Å². The number of hydrogen-bond donors (Lipinski definition) is 2. The summed E-state index contributed by atoms with van der Waals surface area (Å²) in [6.45, 7) is 8.88. The van der Waals surface area contributed by atoms with E-state index in [9.17, 15) is 4.79 Å². The Morgan fingerprint density at radius 1 is 0.941 bits per heavy atom. The van der Waals surface area contributed by atoms with Crippen LogP contribution >= 0.6 is 0 Å². The molecule has 2 saturated carbocycles. The molecule has 2 amide bonds. The summed E-state index contributed by atoms with van der Waals surface area (Å²) < 4.78 is 0. The summed E-state index contributed by atoms with van der Waals surface area (Å²) in [5.41, 5.74) is 0.438. The monoisotopic (exact) mass is 238 g/mol. The van der Waals surface area contributed by atoms with Gasteiger partial charge in [0.25, 0.3) is 0 Å². The molecule has 2 aliphatic rings. The maximum Gasteiger partial charge on any atom is 0.315 e. The SMILES string of the molecule is CC1(C)C(NC(=O)NC2CCCCC2)C1(C)C. The number of amides is 2. The molecule has 0 heterocycles. The van der Waals surface area contributed by atoms with E-state index in [2.05, 4.69) is 38.3 Å². The minimum atomic E-state index is 0.0283. The van der Waals surface area contributed by atoms with Crippen molar-refractivity contribution in [1.82, 2.24) is 10.6 Å². The first kappa shape index (κ1) is 12.7. The normalized spacial score (nSPS) is 27.5. The average Bonchev–Trinajstić information content (AvgIpc) is 2.62. The second-order valence-electron chi connectivity index (χ2n) is 6.83. The van der Waals surface area contributed by atoms with Crippen molar-refractivity contribution in [3.63, 3.8) is 0 Å². The van der Waals surface area contributed by atoms with Gasteiger partial charge in [-0.1, -0.05) is 47.0 Å². The molecule has 0 bridgehead atoms. The smallest absolute Gasteiger partial charge is 0.315 e. The molecular weight excluding hydrogens is 212 g/mol. The standard InChI is InChI=1S/C14H26N2O/c1-13(2)11(14(13,3)4)16-12(17)15-10-8-6-5-7-9-10/h10-11H,5-9H2,1-4H3,(H2,15,16,17). The van der Waals surface area contributed by atoms with E-state index in [1.165, 1.54) is 19.3 Å². The van der Waals surface area contributed by atoms with E-state index in [-0.39, 0.29) is 16.9 Å². The summed E-state index contributed by atoms with van der Waals surface area (Å²) >= 11 is 0. The molecule has 0 aromatic rings. The quantitative estimate of drug-likeness (QED) is 0.762. The van der Waals surface area contributed by atoms with E-state index in [0.29, 0.717) is 12.1 Å². The van der Waals surface area contributed by atoms with Crippen molar-refractivity contribution in [1.29, 1.82) is 0 Å². The topological polar surface area (TPSA) is 41.1 Å². The van der Waals surface area contributed by atoms with Crippen LogP contribution in [-0.2, 0) is 0 Å². The Hall–Kier alpha value is -0.730. The van der Waals surface area contributed by atoms with E-state index in [1.807, 2.05) is 0 Å². The van der Waals surface area contributed by atoms with Gasteiger partial charge in [-0.05, 0) is 23.7 Å². The minimum Gasteiger partial charge on any atom is -0.335 e. The van der Waals surface area contributed by atoms with Crippen LogP contribution < -0.4 is 10.6 Å². The molecule has 0 spiro atoms. The molecular formula is C14H26N2O. The van der Waals surface area contributed by atoms with Crippen LogP contribution in [0.3, 0.4) is 0 Å². The molecule has 2 fully saturated rings. The predicted octanol–water partition coefficient (Wildman–Crippen LogP) is 3.05. The van der Waals surface area contributed by atoms with E-state index in [0.717, 1.165) is 12.8 Å². The third-order valence-corrected chi connectivity index (χ3v) is 5.24. The summed E-state index contributed by atoms with van der Waals surface area (Å²) in [4.78, 5) is 11.9. The lowest BCUT2D eigenvalue weighted by Crippen LogP contribution is -2.45. The van der Waals surface area contributed by atoms with Crippen molar-refractivity contribution in [2.24, 2.45) is 10.8 Å². The molecule has 0 atom stereocenters. The first-order valence-corrected chi connectivity index (χ1v) is 6.93. The van der Waals surface area contributed by atoms with Crippen LogP contribution in [0.5, 0.6) is 0 Å². The second-order valence-corrected chi connectivity index (χ2v) is 6.83. The lowest BCUT2D eigenvalue weighted by atomic mass is 9.96. The Kier molecular flexibility index (Phi) is 3.13. The highest BCUT2D eigenvalue weighted by atomic mass is 16.2. The van der Waals surface area contributed by atoms with Crippen LogP contribution in [-0.4, -0.2) is 18.1 Å². The Morgan fingerprint density at radius 2 is 1.47 bits per heavy atom. The fraction of sp³-hybridized carbons (Fsp3) is 0.929. The lowest BCUT2D eigenvalue weighted by Gasteiger charge is -2.23. The van der Waals surface area contributed by atoms with Gasteiger partial charge in [-0.25, -0.2) is 4.79 Å². The van der Waals surface area contributed by atoms with Gasteiger partial charge >= 0.3 is 6.03 Å². The maximum absolute atomic E-state index is 11.9. The summed E-state index contributed by atoms with van der Waals surface area (Å²) in [5, 5.41) is 6.25. The molecule has 2 aliphatic carbocycles. The fourth-order valence-corrected chi connectivity index (χ4v) is 3.16. The summed E-state index contributed by atoms with van der Waals surface area (Å²) in [5.74, 6) is 0. The number of rotatable bonds is 2. The van der Waals surface area contributed by atoms with E-state index in [1.54, 1.807) is 0 Å². The fourth-order valence-electron chi connectivity index (χ4n) is 3.16. The van der Waals surface area contributed by atoms with Crippen LogP contribution in [0.2, 0.25) is 0 Å². The number of carbonyl (C=O) groups is 1. The molecule has 17 heavy (non-hydrogen) atoms. The Balaban J connectivity index is 1.79. The van der Waals surface area contributed by atoms with Gasteiger partial charge < -0.3 is 10.6 Å². The van der Waals surface area contributed by atoms with Gasteiger partial charge in [-0.15, -0.1) is 0 Å². The molecule has 2 rings (SSSR count). The molecule has 98 valence electrons. The molecule has 3 heteroatoms. The van der Waals surface area contributed by atoms with E-state index in [4.69, 9.17) is 0 Å². The van der Waals surface area contributed by atoms with Gasteiger partial charge in [-0.3, -0.25) is 0 Å². The van der Waals surface area contributed by atoms with Crippen molar-refractivity contribution >= 4 is 6.03 Å². The molecule has 0 aromatic heterocycles. The first-order chi connectivity index (χ1) is 7.85. The van der Waals surface area contributed by atoms with Gasteiger partial charge in [0.2, 0.25) is 0 Å². The first-order valence-electron chi connectivity index (χ1n) is 6.93. The van der Waals surface area contributed by atoms with Gasteiger partial charge in [0.15, 0.2) is 0 Å². The van der Waals surface area contributed by atoms with Crippen LogP contribution in [0, 0.1) is 10.8 Å². The number of urea groups is 1. The molecule has 2 N–H and O–H groups in total. The lowest BCUT2D eigenvalue weighted by molar-refractivity contribution is 0.230. The summed E-state index contributed by atoms with van der Waals surface area (Å²) in [6, 6.07) is 0.730. The number of hydrogen-bond acceptors (Lipinski definition) is 1. The Bertz CT molecular complexity index is 289. The van der Waals surface area contributed by atoms with E-state index < -0.39 is 0 Å². The van der Waals surface area contributed by atoms with Crippen molar-refractivity contribution in [3.8, 4) is 0 Å². The van der Waals surface area contributed by atoms with Gasteiger partial charge in [0, 0.05) is 12.1 Å². The van der Waals surface area contributed by atoms with Crippen molar-refractivity contribution in [3.05, 3.63) is 0 Å². The van der Waals surface area contributed by atoms with Gasteiger partial charge in [0.05, 0.1) is 0 Å². The van der Waals surface area contributed by atoms with Crippen molar-refractivity contribution in [2.75, 3.05) is 0 Å². The second kappa shape index (κ2) is 4.18. The zero-order valence-electron chi connectivity index (χ0n) is 11.6. The molecule has 0 radical (unpaired) electrons. The van der Waals surface area contributed by atoms with Crippen LogP contribution in [0.1, 0.15) is 59.8 Å². The number of nitrogens with one attached hydrogen (secondary N) is 2. The third kappa shape index (κ3) is 2.29. The predicted molar refractivity (Wildman–Crippen MR) is 69.9 cm³/mol. The zero-order chi connectivity index (χ0) is 12.7. The van der Waals surface area contributed by atoms with Crippen molar-refractivity contribution in [2.45, 2.75) is 71.9 Å². The summed E-state index contributed by atoms with van der Waals surface area (Å²) in [7, 11) is 0. The number of carbonyl (C=O) groups excluding carboxylic acids is 1. The van der Waals surface area contributed by atoms with Crippen LogP contribution in [0.4, 0.5) is 4.79 Å². The van der Waals surface area contributed by atoms with Gasteiger partial charge in [-0.2, -0.15) is 0 Å².